The summed E-state index contributed by atoms with van der Waals surface area (Å²) in [5.74, 6) is -1.49. The van der Waals surface area contributed by atoms with E-state index in [-0.39, 0.29) is 17.5 Å². The molecule has 2 aliphatic heterocycles. The quantitative estimate of drug-likeness (QED) is 0.553. The van der Waals surface area contributed by atoms with Gasteiger partial charge in [-0.3, -0.25) is 19.4 Å². The lowest BCUT2D eigenvalue weighted by atomic mass is 10.1. The number of rotatable bonds is 6. The minimum atomic E-state index is -0.528. The van der Waals surface area contributed by atoms with Crippen molar-refractivity contribution in [3.63, 3.8) is 0 Å². The number of imide groups is 1. The summed E-state index contributed by atoms with van der Waals surface area (Å²) in [6, 6.07) is 10.8. The van der Waals surface area contributed by atoms with Crippen LogP contribution in [0.3, 0.4) is 0 Å². The minimum Gasteiger partial charge on any atom is -0.364 e. The fourth-order valence-electron chi connectivity index (χ4n) is 4.03. The van der Waals surface area contributed by atoms with Crippen LogP contribution < -0.4 is 4.90 Å². The topological polar surface area (TPSA) is 43.9 Å². The number of unbranched alkanes of at least 4 members (excludes halogenated alkanes) is 1. The monoisotopic (exact) mass is 399 g/mol. The number of anilines is 1. The zero-order chi connectivity index (χ0) is 20.4. The van der Waals surface area contributed by atoms with Crippen LogP contribution in [0.5, 0.6) is 0 Å². The first kappa shape index (κ1) is 19.5. The summed E-state index contributed by atoms with van der Waals surface area (Å²) in [4.78, 5) is 30.0. The van der Waals surface area contributed by atoms with Crippen molar-refractivity contribution in [1.82, 2.24) is 9.80 Å². The highest BCUT2D eigenvalue weighted by Crippen LogP contribution is 2.25. The molecule has 0 bridgehead atoms. The normalized spacial score (nSPS) is 17.2. The maximum atomic E-state index is 13.9. The first-order valence-electron chi connectivity index (χ1n) is 9.93. The molecule has 0 N–H and O–H groups in total. The van der Waals surface area contributed by atoms with Gasteiger partial charge in [0.25, 0.3) is 11.8 Å². The lowest BCUT2D eigenvalue weighted by Gasteiger charge is -2.36. The van der Waals surface area contributed by atoms with Crippen LogP contribution in [0, 0.1) is 11.6 Å². The van der Waals surface area contributed by atoms with Crippen molar-refractivity contribution >= 4 is 17.5 Å². The molecule has 2 heterocycles. The van der Waals surface area contributed by atoms with Crippen molar-refractivity contribution in [3.8, 4) is 0 Å². The van der Waals surface area contributed by atoms with Gasteiger partial charge in [0, 0.05) is 32.7 Å². The van der Waals surface area contributed by atoms with Crippen molar-refractivity contribution < 1.29 is 18.4 Å². The molecule has 0 saturated carbocycles. The number of hydrogen-bond donors (Lipinski definition) is 0. The van der Waals surface area contributed by atoms with E-state index < -0.39 is 11.6 Å². The maximum Gasteiger partial charge on any atom is 0.261 e. The average Bonchev–Trinajstić information content (AvgIpc) is 2.97. The second kappa shape index (κ2) is 8.29. The van der Waals surface area contributed by atoms with Crippen LogP contribution >= 0.6 is 0 Å². The van der Waals surface area contributed by atoms with Crippen molar-refractivity contribution in [1.29, 1.82) is 0 Å². The minimum absolute atomic E-state index is 0.0535. The molecule has 1 fully saturated rings. The predicted molar refractivity (Wildman–Crippen MR) is 106 cm³/mol. The summed E-state index contributed by atoms with van der Waals surface area (Å²) in [6.07, 6.45) is 1.58. The third-order valence-corrected chi connectivity index (χ3v) is 5.61. The van der Waals surface area contributed by atoms with Gasteiger partial charge in [0.1, 0.15) is 17.3 Å². The molecule has 152 valence electrons. The van der Waals surface area contributed by atoms with Crippen LogP contribution in [0.15, 0.2) is 42.5 Å². The number of amides is 2. The highest BCUT2D eigenvalue weighted by Gasteiger charge is 2.34. The number of carbonyl (C=O) groups excluding carboxylic acids is 2. The molecule has 29 heavy (non-hydrogen) atoms. The predicted octanol–water partition coefficient (Wildman–Crippen LogP) is 3.16. The Morgan fingerprint density at radius 2 is 1.28 bits per heavy atom. The highest BCUT2D eigenvalue weighted by atomic mass is 19.1. The summed E-state index contributed by atoms with van der Waals surface area (Å²) >= 11 is 0. The lowest BCUT2D eigenvalue weighted by molar-refractivity contribution is 0.0650. The van der Waals surface area contributed by atoms with E-state index in [9.17, 15) is 18.4 Å². The Labute approximate surface area is 168 Å². The molecule has 0 atom stereocenters. The van der Waals surface area contributed by atoms with Crippen LogP contribution in [0.2, 0.25) is 0 Å². The number of benzene rings is 2. The summed E-state index contributed by atoms with van der Waals surface area (Å²) in [5, 5.41) is 0. The fourth-order valence-corrected chi connectivity index (χ4v) is 4.03. The molecule has 2 amide bonds. The van der Waals surface area contributed by atoms with Gasteiger partial charge in [0.2, 0.25) is 0 Å². The molecule has 0 radical (unpaired) electrons. The van der Waals surface area contributed by atoms with Crippen molar-refractivity contribution in [2.24, 2.45) is 0 Å². The summed E-state index contributed by atoms with van der Waals surface area (Å²) in [6.45, 7) is 3.82. The van der Waals surface area contributed by atoms with Gasteiger partial charge in [0.05, 0.1) is 11.1 Å². The van der Waals surface area contributed by atoms with E-state index in [2.05, 4.69) is 4.90 Å². The number of nitrogens with zero attached hydrogens (tertiary/aromatic N) is 3. The Hall–Kier alpha value is -2.80. The molecular formula is C22H23F2N3O2. The Morgan fingerprint density at radius 1 is 0.724 bits per heavy atom. The molecule has 0 unspecified atom stereocenters. The zero-order valence-electron chi connectivity index (χ0n) is 16.1. The van der Waals surface area contributed by atoms with Gasteiger partial charge in [-0.25, -0.2) is 8.78 Å². The second-order valence-corrected chi connectivity index (χ2v) is 7.41. The average molecular weight is 399 g/mol. The second-order valence-electron chi connectivity index (χ2n) is 7.41. The van der Waals surface area contributed by atoms with Crippen LogP contribution in [-0.4, -0.2) is 60.9 Å². The van der Waals surface area contributed by atoms with E-state index in [1.54, 1.807) is 29.2 Å². The molecule has 7 heteroatoms. The van der Waals surface area contributed by atoms with Gasteiger partial charge in [-0.05, 0) is 43.7 Å². The van der Waals surface area contributed by atoms with Gasteiger partial charge >= 0.3 is 0 Å². The van der Waals surface area contributed by atoms with E-state index >= 15 is 0 Å². The van der Waals surface area contributed by atoms with Gasteiger partial charge < -0.3 is 4.90 Å². The van der Waals surface area contributed by atoms with E-state index in [0.29, 0.717) is 30.8 Å². The Bertz CT molecular complexity index is 871. The smallest absolute Gasteiger partial charge is 0.261 e. The van der Waals surface area contributed by atoms with Gasteiger partial charge in [-0.15, -0.1) is 0 Å². The standard InChI is InChI=1S/C22H23F2N3O2/c23-18-8-5-9-19(24)20(18)26-14-12-25(13-15-26)10-3-4-11-27-21(28)16-6-1-2-7-17(16)22(27)29/h1-2,5-9H,3-4,10-15H2. The van der Waals surface area contributed by atoms with Gasteiger partial charge in [-0.1, -0.05) is 18.2 Å². The molecule has 0 aliphatic carbocycles. The molecule has 0 spiro atoms. The number of carbonyl (C=O) groups is 2. The molecule has 4 rings (SSSR count). The van der Waals surface area contributed by atoms with E-state index in [0.717, 1.165) is 32.5 Å². The maximum absolute atomic E-state index is 13.9. The van der Waals surface area contributed by atoms with Crippen molar-refractivity contribution in [3.05, 3.63) is 65.2 Å². The zero-order valence-corrected chi connectivity index (χ0v) is 16.1. The SMILES string of the molecule is O=C1c2ccccc2C(=O)N1CCCCN1CCN(c2c(F)cccc2F)CC1. The largest absolute Gasteiger partial charge is 0.364 e. The number of para-hydroxylation sites is 1. The molecule has 2 aliphatic rings. The first-order chi connectivity index (χ1) is 14.1. The van der Waals surface area contributed by atoms with Crippen LogP contribution in [0.1, 0.15) is 33.6 Å². The van der Waals surface area contributed by atoms with E-state index in [1.807, 2.05) is 0 Å². The van der Waals surface area contributed by atoms with Gasteiger partial charge in [-0.2, -0.15) is 0 Å². The first-order valence-corrected chi connectivity index (χ1v) is 9.93. The third-order valence-electron chi connectivity index (χ3n) is 5.61. The summed E-state index contributed by atoms with van der Waals surface area (Å²) in [5.41, 5.74) is 1.01. The van der Waals surface area contributed by atoms with Crippen LogP contribution in [0.25, 0.3) is 0 Å². The van der Waals surface area contributed by atoms with E-state index in [4.69, 9.17) is 0 Å². The van der Waals surface area contributed by atoms with Crippen molar-refractivity contribution in [2.75, 3.05) is 44.2 Å². The molecule has 2 aromatic rings. The Balaban J connectivity index is 1.22. The molecule has 1 saturated heterocycles. The lowest BCUT2D eigenvalue weighted by Crippen LogP contribution is -2.47. The molecule has 2 aromatic carbocycles. The fraction of sp³-hybridized carbons (Fsp3) is 0.364. The number of halogens is 2. The van der Waals surface area contributed by atoms with Crippen LogP contribution in [0.4, 0.5) is 14.5 Å². The van der Waals surface area contributed by atoms with Gasteiger partial charge in [0.15, 0.2) is 0 Å². The number of fused-ring (bicyclic) bond motifs is 1. The number of hydrogen-bond acceptors (Lipinski definition) is 4. The summed E-state index contributed by atoms with van der Waals surface area (Å²) < 4.78 is 27.9. The number of piperazine rings is 1. The third kappa shape index (κ3) is 3.87. The van der Waals surface area contributed by atoms with Crippen molar-refractivity contribution in [2.45, 2.75) is 12.8 Å². The van der Waals surface area contributed by atoms with E-state index in [1.165, 1.54) is 23.1 Å². The molecular weight excluding hydrogens is 376 g/mol. The Morgan fingerprint density at radius 3 is 1.86 bits per heavy atom. The van der Waals surface area contributed by atoms with Crippen LogP contribution in [-0.2, 0) is 0 Å². The molecule has 5 nitrogen and oxygen atoms in total. The Kier molecular flexibility index (Phi) is 5.58. The highest BCUT2D eigenvalue weighted by molar-refractivity contribution is 6.21. The molecule has 0 aromatic heterocycles. The summed E-state index contributed by atoms with van der Waals surface area (Å²) in [7, 11) is 0.